The Morgan fingerprint density at radius 1 is 1.16 bits per heavy atom. The molecule has 0 aliphatic carbocycles. The van der Waals surface area contributed by atoms with Crippen molar-refractivity contribution in [3.63, 3.8) is 0 Å². The Hall–Kier alpha value is -0.950. The van der Waals surface area contributed by atoms with Crippen molar-refractivity contribution in [2.75, 3.05) is 5.32 Å². The summed E-state index contributed by atoms with van der Waals surface area (Å²) in [6, 6.07) is 6.77. The molecule has 0 bridgehead atoms. The van der Waals surface area contributed by atoms with Crippen LogP contribution in [0.3, 0.4) is 0 Å². The van der Waals surface area contributed by atoms with Gasteiger partial charge in [-0.3, -0.25) is 0 Å². The first-order valence-electron chi connectivity index (χ1n) is 5.21. The molecular weight excluding hydrogens is 391 g/mol. The van der Waals surface area contributed by atoms with Crippen LogP contribution in [0, 0.1) is 0 Å². The zero-order valence-corrected chi connectivity index (χ0v) is 12.6. The zero-order chi connectivity index (χ0) is 14.0. The summed E-state index contributed by atoms with van der Waals surface area (Å²) in [6.45, 7) is 0.297. The van der Waals surface area contributed by atoms with Crippen molar-refractivity contribution in [2.45, 2.75) is 12.7 Å². The smallest absolute Gasteiger partial charge is 0.416 e. The number of halogens is 5. The normalized spacial score (nSPS) is 11.6. The molecule has 0 saturated carbocycles. The minimum absolute atomic E-state index is 0.297. The summed E-state index contributed by atoms with van der Waals surface area (Å²) in [6.07, 6.45) is -4.34. The van der Waals surface area contributed by atoms with Crippen molar-refractivity contribution in [1.29, 1.82) is 0 Å². The van der Waals surface area contributed by atoms with E-state index in [1.54, 1.807) is 12.1 Å². The van der Waals surface area contributed by atoms with Crippen LogP contribution in [0.2, 0.25) is 0 Å². The average Bonchev–Trinajstić information content (AvgIpc) is 2.66. The van der Waals surface area contributed by atoms with Crippen LogP contribution >= 0.6 is 31.9 Å². The molecule has 0 aliphatic rings. The molecule has 0 radical (unpaired) electrons. The molecule has 1 aromatic heterocycles. The van der Waals surface area contributed by atoms with Crippen LogP contribution in [0.25, 0.3) is 0 Å². The molecular formula is C12H8Br2F3NO. The maximum Gasteiger partial charge on any atom is 0.416 e. The molecule has 1 N–H and O–H groups in total. The van der Waals surface area contributed by atoms with Crippen molar-refractivity contribution >= 4 is 37.5 Å². The van der Waals surface area contributed by atoms with Gasteiger partial charge >= 0.3 is 6.18 Å². The van der Waals surface area contributed by atoms with E-state index in [-0.39, 0.29) is 0 Å². The average molecular weight is 399 g/mol. The van der Waals surface area contributed by atoms with Gasteiger partial charge in [0.05, 0.1) is 16.6 Å². The third-order valence-electron chi connectivity index (χ3n) is 2.35. The number of furan rings is 1. The molecule has 2 nitrogen and oxygen atoms in total. The molecule has 0 aliphatic heterocycles. The van der Waals surface area contributed by atoms with Gasteiger partial charge < -0.3 is 9.73 Å². The highest BCUT2D eigenvalue weighted by Gasteiger charge is 2.30. The molecule has 0 spiro atoms. The largest absolute Gasteiger partial charge is 0.451 e. The number of rotatable bonds is 3. The number of nitrogens with one attached hydrogen (secondary N) is 1. The Bertz CT molecular complexity index is 561. The van der Waals surface area contributed by atoms with Crippen molar-refractivity contribution in [3.8, 4) is 0 Å². The molecule has 0 fully saturated rings. The number of alkyl halides is 3. The van der Waals surface area contributed by atoms with Crippen LogP contribution in [0.5, 0.6) is 0 Å². The minimum Gasteiger partial charge on any atom is -0.451 e. The van der Waals surface area contributed by atoms with Gasteiger partial charge in [-0.25, -0.2) is 0 Å². The monoisotopic (exact) mass is 397 g/mol. The van der Waals surface area contributed by atoms with E-state index >= 15 is 0 Å². The second-order valence-electron chi connectivity index (χ2n) is 3.77. The van der Waals surface area contributed by atoms with E-state index in [0.29, 0.717) is 22.7 Å². The lowest BCUT2D eigenvalue weighted by molar-refractivity contribution is -0.137. The van der Waals surface area contributed by atoms with E-state index in [0.717, 1.165) is 16.6 Å². The number of benzene rings is 1. The first kappa shape index (κ1) is 14.5. The van der Waals surface area contributed by atoms with Crippen molar-refractivity contribution in [2.24, 2.45) is 0 Å². The SMILES string of the molecule is FC(F)(F)c1cccc(NCc2cc(Br)c(Br)o2)c1. The highest BCUT2D eigenvalue weighted by Crippen LogP contribution is 2.31. The molecule has 7 heteroatoms. The second-order valence-corrected chi connectivity index (χ2v) is 5.34. The van der Waals surface area contributed by atoms with E-state index in [9.17, 15) is 13.2 Å². The van der Waals surface area contributed by atoms with Gasteiger partial charge in [0, 0.05) is 5.69 Å². The van der Waals surface area contributed by atoms with Crippen LogP contribution in [-0.2, 0) is 12.7 Å². The fourth-order valence-corrected chi connectivity index (χ4v) is 2.13. The maximum absolute atomic E-state index is 12.5. The van der Waals surface area contributed by atoms with E-state index in [1.165, 1.54) is 6.07 Å². The fourth-order valence-electron chi connectivity index (χ4n) is 1.47. The zero-order valence-electron chi connectivity index (χ0n) is 9.39. The van der Waals surface area contributed by atoms with Crippen molar-refractivity contribution in [1.82, 2.24) is 0 Å². The number of hydrogen-bond acceptors (Lipinski definition) is 2. The Morgan fingerprint density at radius 3 is 2.47 bits per heavy atom. The molecule has 102 valence electrons. The Kier molecular flexibility index (Phi) is 4.25. The molecule has 2 rings (SSSR count). The van der Waals surface area contributed by atoms with Crippen LogP contribution in [-0.4, -0.2) is 0 Å². The summed E-state index contributed by atoms with van der Waals surface area (Å²) in [5, 5.41) is 2.88. The Labute approximate surface area is 124 Å². The fraction of sp³-hybridized carbons (Fsp3) is 0.167. The van der Waals surface area contributed by atoms with Crippen LogP contribution in [0.4, 0.5) is 18.9 Å². The molecule has 19 heavy (non-hydrogen) atoms. The van der Waals surface area contributed by atoms with Gasteiger partial charge in [0.25, 0.3) is 0 Å². The quantitative estimate of drug-likeness (QED) is 0.745. The van der Waals surface area contributed by atoms with E-state index < -0.39 is 11.7 Å². The summed E-state index contributed by atoms with van der Waals surface area (Å²) >= 11 is 6.45. The van der Waals surface area contributed by atoms with Crippen LogP contribution < -0.4 is 5.32 Å². The summed E-state index contributed by atoms with van der Waals surface area (Å²) in [4.78, 5) is 0. The highest BCUT2D eigenvalue weighted by molar-refractivity contribution is 9.13. The molecule has 0 saturated heterocycles. The molecule has 2 aromatic rings. The predicted octanol–water partition coefficient (Wildman–Crippen LogP) is 5.44. The minimum atomic E-state index is -4.34. The third kappa shape index (κ3) is 3.76. The first-order chi connectivity index (χ1) is 8.86. The topological polar surface area (TPSA) is 25.2 Å². The Morgan fingerprint density at radius 2 is 1.89 bits per heavy atom. The van der Waals surface area contributed by atoms with E-state index in [1.807, 2.05) is 0 Å². The molecule has 0 atom stereocenters. The van der Waals surface area contributed by atoms with Gasteiger partial charge in [-0.2, -0.15) is 13.2 Å². The number of anilines is 1. The molecule has 1 aromatic carbocycles. The van der Waals surface area contributed by atoms with Crippen LogP contribution in [0.1, 0.15) is 11.3 Å². The second kappa shape index (κ2) is 5.58. The molecule has 0 unspecified atom stereocenters. The van der Waals surface area contributed by atoms with Gasteiger partial charge in [-0.05, 0) is 56.1 Å². The molecule has 0 amide bonds. The standard InChI is InChI=1S/C12H8Br2F3NO/c13-10-5-9(19-11(10)14)6-18-8-3-1-2-7(4-8)12(15,16)17/h1-5,18H,6H2. The highest BCUT2D eigenvalue weighted by atomic mass is 79.9. The van der Waals surface area contributed by atoms with Gasteiger partial charge in [0.15, 0.2) is 4.67 Å². The van der Waals surface area contributed by atoms with Crippen molar-refractivity contribution < 1.29 is 17.6 Å². The number of hydrogen-bond donors (Lipinski definition) is 1. The van der Waals surface area contributed by atoms with Gasteiger partial charge in [0.1, 0.15) is 5.76 Å². The lowest BCUT2D eigenvalue weighted by Crippen LogP contribution is -2.06. The van der Waals surface area contributed by atoms with Gasteiger partial charge in [-0.15, -0.1) is 0 Å². The Balaban J connectivity index is 2.07. The summed E-state index contributed by atoms with van der Waals surface area (Å²) in [5.41, 5.74) is -0.294. The van der Waals surface area contributed by atoms with E-state index in [2.05, 4.69) is 37.2 Å². The predicted molar refractivity (Wildman–Crippen MR) is 72.9 cm³/mol. The maximum atomic E-state index is 12.5. The summed E-state index contributed by atoms with van der Waals surface area (Å²) in [5.74, 6) is 0.608. The lowest BCUT2D eigenvalue weighted by Gasteiger charge is -2.09. The van der Waals surface area contributed by atoms with Crippen LogP contribution in [0.15, 0.2) is 43.9 Å². The van der Waals surface area contributed by atoms with Gasteiger partial charge in [-0.1, -0.05) is 6.07 Å². The van der Waals surface area contributed by atoms with Crippen molar-refractivity contribution in [3.05, 3.63) is 50.8 Å². The lowest BCUT2D eigenvalue weighted by atomic mass is 10.2. The third-order valence-corrected chi connectivity index (χ3v) is 4.06. The summed E-state index contributed by atoms with van der Waals surface area (Å²) in [7, 11) is 0. The molecule has 1 heterocycles. The van der Waals surface area contributed by atoms with Gasteiger partial charge in [0.2, 0.25) is 0 Å². The van der Waals surface area contributed by atoms with E-state index in [4.69, 9.17) is 4.42 Å². The summed E-state index contributed by atoms with van der Waals surface area (Å²) < 4.78 is 44.2. The first-order valence-corrected chi connectivity index (χ1v) is 6.79.